The fraction of sp³-hybridized carbons (Fsp3) is 0.500. The van der Waals surface area contributed by atoms with E-state index in [-0.39, 0.29) is 59.4 Å². The summed E-state index contributed by atoms with van der Waals surface area (Å²) in [7, 11) is 0. The van der Waals surface area contributed by atoms with Crippen LogP contribution in [-0.2, 0) is 101 Å². The Labute approximate surface area is 189 Å². The predicted octanol–water partition coefficient (Wildman–Crippen LogP) is -4.42. The summed E-state index contributed by atoms with van der Waals surface area (Å²) in [4.78, 5) is 25.2. The molecule has 23 heteroatoms. The number of nitrogens with zero attached hydrogens (tertiary/aromatic N) is 2. The Bertz CT molecular complexity index is 237. The van der Waals surface area contributed by atoms with E-state index < -0.39 is 50.1 Å². The average molecular weight is 643 g/mol. The molecule has 0 saturated carbocycles. The number of primary amides is 2. The van der Waals surface area contributed by atoms with Crippen molar-refractivity contribution in [1.82, 2.24) is 0 Å². The van der Waals surface area contributed by atoms with Gasteiger partial charge in [-0.3, -0.25) is 0 Å². The molecule has 0 rings (SSSR count). The van der Waals surface area contributed by atoms with E-state index >= 15 is 0 Å². The topological polar surface area (TPSA) is 403 Å². The zero-order valence-electron chi connectivity index (χ0n) is 10.7. The van der Waals surface area contributed by atoms with E-state index in [2.05, 4.69) is 26.9 Å². The van der Waals surface area contributed by atoms with Crippen LogP contribution in [0.1, 0.15) is 14.9 Å². The fourth-order valence-corrected chi connectivity index (χ4v) is 0. The second-order valence-electron chi connectivity index (χ2n) is 0.659. The van der Waals surface area contributed by atoms with Crippen LogP contribution in [0.3, 0.4) is 0 Å². The van der Waals surface area contributed by atoms with Crippen molar-refractivity contribution in [2.24, 2.45) is 11.5 Å². The van der Waals surface area contributed by atoms with Gasteiger partial charge in [0.05, 0.1) is 0 Å². The van der Waals surface area contributed by atoms with Crippen LogP contribution in [-0.4, -0.2) is 46.8 Å². The first-order valence-corrected chi connectivity index (χ1v) is 5.27. The van der Waals surface area contributed by atoms with Crippen molar-refractivity contribution in [3.8, 4) is 0 Å². The van der Waals surface area contributed by atoms with Crippen LogP contribution in [0.5, 0.6) is 0 Å². The Kier molecular flexibility index (Phi) is 1490. The molecule has 0 atom stereocenters. The molecule has 0 aromatic heterocycles. The van der Waals surface area contributed by atoms with Crippen molar-refractivity contribution < 1.29 is 141 Å². The van der Waals surface area contributed by atoms with Crippen molar-refractivity contribution >= 4 is 12.2 Å². The van der Waals surface area contributed by atoms with E-state index in [9.17, 15) is 0 Å². The van der Waals surface area contributed by atoms with Gasteiger partial charge in [0, 0.05) is 27.3 Å². The average Bonchev–Trinajstić information content (AvgIpc) is 2.36. The number of urea groups is 1. The second-order valence-corrected chi connectivity index (χ2v) is 1.20. The molecule has 2 amide bonds. The summed E-state index contributed by atoms with van der Waals surface area (Å²) in [6.45, 7) is 0. The Hall–Kier alpha value is -0.542. The standard InChI is InChI=1S/CH4N2O.CO2.2CH4.N2.5Ni.7H2O.4O/c2-1(3)4;2-1-3;;;1-2;;;;;;;;;;;;;;;;/h(H4,2,3,4);;2*1H4;;;;;;;7*1H2;;;;/q;;;;;;;3*+1;;;;;;;;;;;/p-5. The summed E-state index contributed by atoms with van der Waals surface area (Å²) in [6.07, 6.45) is 0.250. The SMILES string of the molecule is C.C.N#N.NC(N)=O.O.O.O=C=O.[Ni].[OH-].[OH-].[O]=[Ni].[O]=[Ni][OH].[O]=[Ni][OH].[O]=[Ni][OH]. The maximum absolute atomic E-state index is 9.00. The molecule has 18 nitrogen and oxygen atoms in total. The molecule has 193 valence electrons. The summed E-state index contributed by atoms with van der Waals surface area (Å²) in [5.41, 5.74) is 8.50. The zero-order valence-corrected chi connectivity index (χ0v) is 15.7. The number of carbonyl (C=O) groups is 1. The Morgan fingerprint density at radius 3 is 0.815 bits per heavy atom. The van der Waals surface area contributed by atoms with Crippen molar-refractivity contribution in [2.75, 3.05) is 0 Å². The molecule has 0 fully saturated rings. The van der Waals surface area contributed by atoms with Crippen LogP contribution in [0.15, 0.2) is 0 Å². The molecule has 0 saturated heterocycles. The van der Waals surface area contributed by atoms with Gasteiger partial charge in [0.15, 0.2) is 0 Å². The Balaban J connectivity index is -0.00000000589. The minimum atomic E-state index is -0.833. The van der Waals surface area contributed by atoms with Crippen molar-refractivity contribution in [1.29, 1.82) is 10.8 Å². The van der Waals surface area contributed by atoms with Crippen molar-refractivity contribution in [3.63, 3.8) is 0 Å². The van der Waals surface area contributed by atoms with Gasteiger partial charge in [0.2, 0.25) is 0 Å². The first kappa shape index (κ1) is 110. The molecule has 0 bridgehead atoms. The van der Waals surface area contributed by atoms with Crippen LogP contribution in [0, 0.1) is 10.8 Å². The van der Waals surface area contributed by atoms with Gasteiger partial charge in [-0.25, -0.2) is 4.79 Å². The van der Waals surface area contributed by atoms with Gasteiger partial charge in [0.1, 0.15) is 0 Å². The second kappa shape index (κ2) is 365. The molecule has 27 heavy (non-hydrogen) atoms. The van der Waals surface area contributed by atoms with Gasteiger partial charge < -0.3 is 33.4 Å². The third kappa shape index (κ3) is 47600. The summed E-state index contributed by atoms with van der Waals surface area (Å²) < 4.78 is 54.0. The molecule has 0 radical (unpaired) electrons. The van der Waals surface area contributed by atoms with Gasteiger partial charge in [0.25, 0.3) is 0 Å². The third-order valence-corrected chi connectivity index (χ3v) is 0. The quantitative estimate of drug-likeness (QED) is 0.123. The summed E-state index contributed by atoms with van der Waals surface area (Å²) in [5.74, 6) is 0. The molecule has 0 spiro atoms. The van der Waals surface area contributed by atoms with E-state index in [0.29, 0.717) is 0 Å². The zero-order chi connectivity index (χ0) is 18.4. The number of nitrogens with two attached hydrogens (primary N) is 2. The molecular formula is C4H21N4Ni5O14-2. The van der Waals surface area contributed by atoms with Gasteiger partial charge in [-0.2, -0.15) is 9.59 Å². The molecular weight excluding hydrogens is 622 g/mol. The van der Waals surface area contributed by atoms with Crippen molar-refractivity contribution in [3.05, 3.63) is 0 Å². The normalized spacial score (nSPS) is 3.81. The van der Waals surface area contributed by atoms with E-state index in [1.807, 2.05) is 0 Å². The molecule has 13 N–H and O–H groups in total. The van der Waals surface area contributed by atoms with E-state index in [4.69, 9.17) is 53.5 Å². The van der Waals surface area contributed by atoms with E-state index in [0.717, 1.165) is 0 Å². The molecule has 0 aliphatic rings. The first-order valence-electron chi connectivity index (χ1n) is 2.33. The van der Waals surface area contributed by atoms with Crippen LogP contribution in [0.4, 0.5) is 4.79 Å². The molecule has 0 aliphatic carbocycles. The number of rotatable bonds is 0. The van der Waals surface area contributed by atoms with Gasteiger partial charge in [-0.15, -0.1) is 0 Å². The summed E-state index contributed by atoms with van der Waals surface area (Å²) in [6, 6.07) is -0.833. The maximum atomic E-state index is 9.00. The number of carbonyl (C=O) groups excluding carboxylic acids is 3. The van der Waals surface area contributed by atoms with E-state index in [1.54, 1.807) is 0 Å². The van der Waals surface area contributed by atoms with Crippen LogP contribution < -0.4 is 11.5 Å². The Morgan fingerprint density at radius 2 is 0.815 bits per heavy atom. The van der Waals surface area contributed by atoms with Gasteiger partial charge in [-0.05, 0) is 0 Å². The Morgan fingerprint density at radius 1 is 0.815 bits per heavy atom. The number of hydrogen-bond donors (Lipinski definition) is 5. The van der Waals surface area contributed by atoms with Crippen molar-refractivity contribution in [2.45, 2.75) is 14.9 Å². The van der Waals surface area contributed by atoms with Crippen LogP contribution in [0.25, 0.3) is 0 Å². The first-order chi connectivity index (χ1) is 9.39. The molecule has 0 aromatic carbocycles. The predicted molar refractivity (Wildman–Crippen MR) is 56.2 cm³/mol. The number of amides is 2. The minimum absolute atomic E-state index is 0. The van der Waals surface area contributed by atoms with E-state index in [1.165, 1.54) is 0 Å². The molecule has 0 unspecified atom stereocenters. The number of hydrogen-bond acceptors (Lipinski definition) is 11. The van der Waals surface area contributed by atoms with Crippen LogP contribution >= 0.6 is 0 Å². The monoisotopic (exact) mass is 639 g/mol. The van der Waals surface area contributed by atoms with Crippen LogP contribution in [0.2, 0.25) is 0 Å². The summed E-state index contributed by atoms with van der Waals surface area (Å²) >= 11 is 0.750. The molecule has 0 aliphatic heterocycles. The fourth-order valence-electron chi connectivity index (χ4n) is 0. The third-order valence-electron chi connectivity index (χ3n) is 0. The molecule has 0 aromatic rings. The summed E-state index contributed by atoms with van der Waals surface area (Å²) in [5, 5.41) is 12.0. The van der Waals surface area contributed by atoms with Gasteiger partial charge >= 0.3 is 100.0 Å². The van der Waals surface area contributed by atoms with Gasteiger partial charge in [-0.1, -0.05) is 14.9 Å². The molecule has 0 heterocycles.